The highest BCUT2D eigenvalue weighted by Gasteiger charge is 1.96. The average Bonchev–Trinajstić information content (AvgIpc) is 2.25. The van der Waals surface area contributed by atoms with E-state index in [4.69, 9.17) is 0 Å². The van der Waals surface area contributed by atoms with Crippen molar-refractivity contribution in [1.82, 2.24) is 9.97 Å². The minimum atomic E-state index is 0.975. The zero-order valence-corrected chi connectivity index (χ0v) is 9.29. The van der Waals surface area contributed by atoms with E-state index in [2.05, 4.69) is 23.8 Å². The van der Waals surface area contributed by atoms with Crippen LogP contribution in [0, 0.1) is 0 Å². The van der Waals surface area contributed by atoms with Gasteiger partial charge in [-0.15, -0.1) is 0 Å². The van der Waals surface area contributed by atoms with E-state index in [0.717, 1.165) is 24.2 Å². The van der Waals surface area contributed by atoms with Crippen LogP contribution in [-0.2, 0) is 12.8 Å². The van der Waals surface area contributed by atoms with Gasteiger partial charge in [0.2, 0.25) is 0 Å². The molecule has 0 aliphatic carbocycles. The number of aromatic nitrogens is 2. The van der Waals surface area contributed by atoms with Crippen LogP contribution in [0.4, 0.5) is 0 Å². The van der Waals surface area contributed by atoms with Crippen LogP contribution >= 0.6 is 0 Å². The molecule has 0 unspecified atom stereocenters. The van der Waals surface area contributed by atoms with Gasteiger partial charge in [0.1, 0.15) is 0 Å². The Morgan fingerprint density at radius 2 is 1.64 bits per heavy atom. The molecule has 0 aliphatic rings. The summed E-state index contributed by atoms with van der Waals surface area (Å²) in [6.07, 6.45) is 11.1. The van der Waals surface area contributed by atoms with Gasteiger partial charge in [-0.1, -0.05) is 33.1 Å². The second kappa shape index (κ2) is 6.52. The highest BCUT2D eigenvalue weighted by Crippen LogP contribution is 2.05. The third-order valence-electron chi connectivity index (χ3n) is 2.41. The largest absolute Gasteiger partial charge is 0.258 e. The van der Waals surface area contributed by atoms with Crippen molar-refractivity contribution in [2.45, 2.75) is 52.4 Å². The van der Waals surface area contributed by atoms with Crippen molar-refractivity contribution in [2.75, 3.05) is 0 Å². The van der Waals surface area contributed by atoms with E-state index in [1.807, 2.05) is 12.4 Å². The second-order valence-corrected chi connectivity index (χ2v) is 3.66. The first-order chi connectivity index (χ1) is 6.86. The van der Waals surface area contributed by atoms with Gasteiger partial charge in [0.25, 0.3) is 0 Å². The van der Waals surface area contributed by atoms with E-state index < -0.39 is 0 Å². The Morgan fingerprint density at radius 1 is 0.929 bits per heavy atom. The van der Waals surface area contributed by atoms with E-state index in [1.54, 1.807) is 0 Å². The molecule has 0 N–H and O–H groups in total. The van der Waals surface area contributed by atoms with Crippen LogP contribution in [0.3, 0.4) is 0 Å². The summed E-state index contributed by atoms with van der Waals surface area (Å²) in [7, 11) is 0. The fourth-order valence-corrected chi connectivity index (χ4v) is 1.43. The zero-order valence-electron chi connectivity index (χ0n) is 9.29. The molecule has 1 rings (SSSR count). The van der Waals surface area contributed by atoms with Crippen molar-refractivity contribution in [1.29, 1.82) is 0 Å². The number of rotatable bonds is 6. The predicted octanol–water partition coefficient (Wildman–Crippen LogP) is 3.16. The van der Waals surface area contributed by atoms with Gasteiger partial charge in [0, 0.05) is 12.4 Å². The van der Waals surface area contributed by atoms with Crippen LogP contribution in [0.2, 0.25) is 0 Å². The van der Waals surface area contributed by atoms with E-state index in [-0.39, 0.29) is 0 Å². The lowest BCUT2D eigenvalue weighted by Crippen LogP contribution is -1.95. The Kier molecular flexibility index (Phi) is 5.20. The Bertz CT molecular complexity index is 241. The van der Waals surface area contributed by atoms with Crippen molar-refractivity contribution in [2.24, 2.45) is 0 Å². The smallest absolute Gasteiger partial charge is 0.0586 e. The first-order valence-electron chi connectivity index (χ1n) is 5.66. The maximum absolute atomic E-state index is 4.38. The van der Waals surface area contributed by atoms with Gasteiger partial charge in [-0.25, -0.2) is 0 Å². The van der Waals surface area contributed by atoms with Crippen LogP contribution in [0.5, 0.6) is 0 Å². The van der Waals surface area contributed by atoms with Gasteiger partial charge in [0.15, 0.2) is 0 Å². The molecule has 0 saturated heterocycles. The first-order valence-corrected chi connectivity index (χ1v) is 5.66. The van der Waals surface area contributed by atoms with E-state index in [1.165, 1.54) is 25.7 Å². The first kappa shape index (κ1) is 11.2. The molecule has 0 aromatic carbocycles. The number of aryl methyl sites for hydroxylation is 2. The Balaban J connectivity index is 2.29. The molecule has 0 radical (unpaired) electrons. The molecule has 0 spiro atoms. The molecule has 2 heteroatoms. The minimum Gasteiger partial charge on any atom is -0.258 e. The summed E-state index contributed by atoms with van der Waals surface area (Å²) in [6, 6.07) is 0. The van der Waals surface area contributed by atoms with Crippen molar-refractivity contribution < 1.29 is 0 Å². The average molecular weight is 192 g/mol. The van der Waals surface area contributed by atoms with E-state index in [0.29, 0.717) is 0 Å². The molecule has 0 fully saturated rings. The number of hydrogen-bond donors (Lipinski definition) is 0. The van der Waals surface area contributed by atoms with Crippen molar-refractivity contribution >= 4 is 0 Å². The third-order valence-corrected chi connectivity index (χ3v) is 2.41. The summed E-state index contributed by atoms with van der Waals surface area (Å²) in [5.74, 6) is 0. The van der Waals surface area contributed by atoms with Crippen LogP contribution in [0.25, 0.3) is 0 Å². The summed E-state index contributed by atoms with van der Waals surface area (Å²) >= 11 is 0. The van der Waals surface area contributed by atoms with Crippen LogP contribution in [0.15, 0.2) is 12.4 Å². The molecule has 0 aliphatic heterocycles. The lowest BCUT2D eigenvalue weighted by Gasteiger charge is -2.00. The minimum absolute atomic E-state index is 0.975. The monoisotopic (exact) mass is 192 g/mol. The Morgan fingerprint density at radius 3 is 2.21 bits per heavy atom. The quantitative estimate of drug-likeness (QED) is 0.647. The maximum Gasteiger partial charge on any atom is 0.0586 e. The molecule has 2 nitrogen and oxygen atoms in total. The number of nitrogens with zero attached hydrogens (tertiary/aromatic N) is 2. The predicted molar refractivity (Wildman–Crippen MR) is 59.3 cm³/mol. The summed E-state index contributed by atoms with van der Waals surface area (Å²) in [6.45, 7) is 4.33. The van der Waals surface area contributed by atoms with Gasteiger partial charge in [-0.2, -0.15) is 0 Å². The van der Waals surface area contributed by atoms with Crippen LogP contribution < -0.4 is 0 Å². The molecule has 1 heterocycles. The molecule has 1 aromatic heterocycles. The number of hydrogen-bond acceptors (Lipinski definition) is 2. The normalized spacial score (nSPS) is 10.4. The molecule has 78 valence electrons. The summed E-state index contributed by atoms with van der Waals surface area (Å²) in [5.41, 5.74) is 2.22. The fraction of sp³-hybridized carbons (Fsp3) is 0.667. The molecule has 1 aromatic rings. The van der Waals surface area contributed by atoms with Crippen LogP contribution in [0.1, 0.15) is 50.9 Å². The standard InChI is InChI=1S/C12H20N2/c1-3-5-6-7-8-12-10-13-11(4-2)9-14-12/h9-10H,3-8H2,1-2H3. The Labute approximate surface area is 86.8 Å². The third kappa shape index (κ3) is 3.86. The topological polar surface area (TPSA) is 25.8 Å². The van der Waals surface area contributed by atoms with Gasteiger partial charge < -0.3 is 0 Å². The number of unbranched alkanes of at least 4 members (excludes halogenated alkanes) is 3. The van der Waals surface area contributed by atoms with Gasteiger partial charge in [-0.05, 0) is 19.3 Å². The lowest BCUT2D eigenvalue weighted by atomic mass is 10.1. The molecule has 0 atom stereocenters. The zero-order chi connectivity index (χ0) is 10.2. The van der Waals surface area contributed by atoms with Crippen molar-refractivity contribution in [3.05, 3.63) is 23.8 Å². The van der Waals surface area contributed by atoms with Crippen molar-refractivity contribution in [3.8, 4) is 0 Å². The molecular weight excluding hydrogens is 172 g/mol. The molecule has 0 saturated carbocycles. The molecular formula is C12H20N2. The van der Waals surface area contributed by atoms with Gasteiger partial charge in [0.05, 0.1) is 11.4 Å². The molecule has 0 bridgehead atoms. The van der Waals surface area contributed by atoms with Crippen LogP contribution in [-0.4, -0.2) is 9.97 Å². The van der Waals surface area contributed by atoms with Gasteiger partial charge >= 0.3 is 0 Å². The lowest BCUT2D eigenvalue weighted by molar-refractivity contribution is 0.658. The van der Waals surface area contributed by atoms with Gasteiger partial charge in [-0.3, -0.25) is 9.97 Å². The second-order valence-electron chi connectivity index (χ2n) is 3.66. The summed E-state index contributed by atoms with van der Waals surface area (Å²) < 4.78 is 0. The van der Waals surface area contributed by atoms with E-state index >= 15 is 0 Å². The SMILES string of the molecule is CCCCCCc1cnc(CC)cn1. The molecule has 14 heavy (non-hydrogen) atoms. The highest BCUT2D eigenvalue weighted by atomic mass is 14.8. The fourth-order valence-electron chi connectivity index (χ4n) is 1.43. The molecule has 0 amide bonds. The summed E-state index contributed by atoms with van der Waals surface area (Å²) in [5, 5.41) is 0. The Hall–Kier alpha value is -0.920. The van der Waals surface area contributed by atoms with Crippen molar-refractivity contribution in [3.63, 3.8) is 0 Å². The highest BCUT2D eigenvalue weighted by molar-refractivity contribution is 5.02. The van der Waals surface area contributed by atoms with E-state index in [9.17, 15) is 0 Å². The summed E-state index contributed by atoms with van der Waals surface area (Å²) in [4.78, 5) is 8.72. The maximum atomic E-state index is 4.38.